The molecule has 0 saturated heterocycles. The molecule has 0 aliphatic rings. The first-order chi connectivity index (χ1) is 9.58. The summed E-state index contributed by atoms with van der Waals surface area (Å²) in [6.45, 7) is 4.49. The van der Waals surface area contributed by atoms with Crippen LogP contribution in [-0.4, -0.2) is 20.6 Å². The molecule has 0 aliphatic carbocycles. The molecule has 102 valence electrons. The van der Waals surface area contributed by atoms with E-state index >= 15 is 0 Å². The highest BCUT2D eigenvalue weighted by atomic mass is 32.1. The van der Waals surface area contributed by atoms with E-state index in [4.69, 9.17) is 0 Å². The van der Waals surface area contributed by atoms with Crippen LogP contribution in [0, 0.1) is 13.8 Å². The van der Waals surface area contributed by atoms with Gasteiger partial charge in [-0.05, 0) is 25.3 Å². The van der Waals surface area contributed by atoms with E-state index in [1.54, 1.807) is 6.33 Å². The normalized spacial score (nSPS) is 11.1. The Bertz CT molecular complexity index is 801. The number of rotatable bonds is 3. The number of hydrogen-bond donors (Lipinski definition) is 1. The Balaban J connectivity index is 2.16. The summed E-state index contributed by atoms with van der Waals surface area (Å²) in [6, 6.07) is 7.81. The average Bonchev–Trinajstić information content (AvgIpc) is 2.95. The molecule has 0 bridgehead atoms. The van der Waals surface area contributed by atoms with Gasteiger partial charge in [0.15, 0.2) is 0 Å². The molecule has 0 atom stereocenters. The van der Waals surface area contributed by atoms with E-state index in [0.29, 0.717) is 11.4 Å². The molecule has 0 unspecified atom stereocenters. The summed E-state index contributed by atoms with van der Waals surface area (Å²) in [7, 11) is 0. The Morgan fingerprint density at radius 3 is 2.75 bits per heavy atom. The lowest BCUT2D eigenvalue weighted by Crippen LogP contribution is -2.05. The molecule has 0 spiro atoms. The molecule has 0 saturated carbocycles. The Morgan fingerprint density at radius 1 is 1.35 bits per heavy atom. The molecule has 0 amide bonds. The summed E-state index contributed by atoms with van der Waals surface area (Å²) >= 11 is 1.33. The summed E-state index contributed by atoms with van der Waals surface area (Å²) in [6.07, 6.45) is 1.77. The molecule has 4 nitrogen and oxygen atoms in total. The highest BCUT2D eigenvalue weighted by Gasteiger charge is 2.18. The van der Waals surface area contributed by atoms with E-state index < -0.39 is 5.97 Å². The van der Waals surface area contributed by atoms with Crippen LogP contribution in [0.3, 0.4) is 0 Å². The predicted molar refractivity (Wildman–Crippen MR) is 79.6 cm³/mol. The fourth-order valence-electron chi connectivity index (χ4n) is 2.30. The number of fused-ring (bicyclic) bond motifs is 1. The van der Waals surface area contributed by atoms with Gasteiger partial charge in [0.25, 0.3) is 0 Å². The zero-order chi connectivity index (χ0) is 14.3. The maximum absolute atomic E-state index is 11.5. The number of aromatic carboxylic acids is 1. The third-order valence-corrected chi connectivity index (χ3v) is 4.77. The number of nitrogens with zero attached hydrogens (tertiary/aromatic N) is 2. The highest BCUT2D eigenvalue weighted by Crippen LogP contribution is 2.32. The number of aromatic nitrogens is 2. The van der Waals surface area contributed by atoms with Crippen molar-refractivity contribution in [3.63, 3.8) is 0 Å². The number of thiophene rings is 1. The first-order valence-corrected chi connectivity index (χ1v) is 7.11. The standard InChI is InChI=1S/C15H14N2O2S/c1-9-10(2)17(8-16-9)7-12-11-5-3-4-6-13(11)20-14(12)15(18)19/h3-6,8H,7H2,1-2H3,(H,18,19). The Labute approximate surface area is 120 Å². The van der Waals surface area contributed by atoms with E-state index in [1.807, 2.05) is 42.7 Å². The Hall–Kier alpha value is -2.14. The fraction of sp³-hybridized carbons (Fsp3) is 0.200. The summed E-state index contributed by atoms with van der Waals surface area (Å²) in [5.74, 6) is -0.865. The molecule has 0 fully saturated rings. The fourth-order valence-corrected chi connectivity index (χ4v) is 3.36. The molecule has 1 N–H and O–H groups in total. The minimum absolute atomic E-state index is 0.414. The molecule has 0 aliphatic heterocycles. The van der Waals surface area contributed by atoms with Crippen LogP contribution in [0.1, 0.15) is 26.6 Å². The smallest absolute Gasteiger partial charge is 0.346 e. The van der Waals surface area contributed by atoms with Crippen LogP contribution in [0.2, 0.25) is 0 Å². The lowest BCUT2D eigenvalue weighted by molar-refractivity contribution is 0.0701. The largest absolute Gasteiger partial charge is 0.477 e. The molecular formula is C15H14N2O2S. The number of imidazole rings is 1. The van der Waals surface area contributed by atoms with Gasteiger partial charge < -0.3 is 9.67 Å². The van der Waals surface area contributed by atoms with Crippen molar-refractivity contribution in [3.05, 3.63) is 52.4 Å². The predicted octanol–water partition coefficient (Wildman–Crippen LogP) is 3.46. The molecule has 5 heteroatoms. The monoisotopic (exact) mass is 286 g/mol. The molecule has 0 radical (unpaired) electrons. The maximum atomic E-state index is 11.5. The number of aryl methyl sites for hydroxylation is 1. The van der Waals surface area contributed by atoms with Crippen LogP contribution in [-0.2, 0) is 6.54 Å². The van der Waals surface area contributed by atoms with Crippen molar-refractivity contribution in [2.75, 3.05) is 0 Å². The molecule has 20 heavy (non-hydrogen) atoms. The van der Waals surface area contributed by atoms with Crippen LogP contribution in [0.15, 0.2) is 30.6 Å². The number of carboxylic acid groups (broad SMARTS) is 1. The first-order valence-electron chi connectivity index (χ1n) is 6.30. The molecule has 2 aromatic heterocycles. The SMILES string of the molecule is Cc1ncn(Cc2c(C(=O)O)sc3ccccc23)c1C. The van der Waals surface area contributed by atoms with Gasteiger partial charge in [0.1, 0.15) is 4.88 Å². The van der Waals surface area contributed by atoms with Gasteiger partial charge >= 0.3 is 5.97 Å². The zero-order valence-corrected chi connectivity index (χ0v) is 12.1. The maximum Gasteiger partial charge on any atom is 0.346 e. The van der Waals surface area contributed by atoms with Crippen LogP contribution in [0.25, 0.3) is 10.1 Å². The zero-order valence-electron chi connectivity index (χ0n) is 11.3. The van der Waals surface area contributed by atoms with Gasteiger partial charge in [0.2, 0.25) is 0 Å². The van der Waals surface area contributed by atoms with Gasteiger partial charge in [-0.2, -0.15) is 0 Å². The highest BCUT2D eigenvalue weighted by molar-refractivity contribution is 7.21. The number of carboxylic acids is 1. The van der Waals surface area contributed by atoms with Gasteiger partial charge in [-0.1, -0.05) is 18.2 Å². The van der Waals surface area contributed by atoms with Crippen LogP contribution >= 0.6 is 11.3 Å². The van der Waals surface area contributed by atoms with Crippen molar-refractivity contribution in [3.8, 4) is 0 Å². The number of benzene rings is 1. The summed E-state index contributed by atoms with van der Waals surface area (Å²) in [5, 5.41) is 10.4. The average molecular weight is 286 g/mol. The van der Waals surface area contributed by atoms with Gasteiger partial charge in [0.05, 0.1) is 18.6 Å². The van der Waals surface area contributed by atoms with Crippen molar-refractivity contribution in [1.29, 1.82) is 0 Å². The van der Waals surface area contributed by atoms with Crippen molar-refractivity contribution in [2.45, 2.75) is 20.4 Å². The van der Waals surface area contributed by atoms with E-state index in [-0.39, 0.29) is 0 Å². The van der Waals surface area contributed by atoms with E-state index in [9.17, 15) is 9.90 Å². The molecule has 1 aromatic carbocycles. The Kier molecular flexibility index (Phi) is 3.06. The van der Waals surface area contributed by atoms with Gasteiger partial charge in [-0.15, -0.1) is 11.3 Å². The third-order valence-electron chi connectivity index (χ3n) is 3.57. The topological polar surface area (TPSA) is 55.1 Å². The quantitative estimate of drug-likeness (QED) is 0.802. The van der Waals surface area contributed by atoms with Crippen LogP contribution in [0.5, 0.6) is 0 Å². The van der Waals surface area contributed by atoms with Crippen LogP contribution in [0.4, 0.5) is 0 Å². The summed E-state index contributed by atoms with van der Waals surface area (Å²) in [4.78, 5) is 16.1. The van der Waals surface area contributed by atoms with Gasteiger partial charge in [-0.3, -0.25) is 0 Å². The second-order valence-corrected chi connectivity index (χ2v) is 5.81. The van der Waals surface area contributed by atoms with E-state index in [1.165, 1.54) is 11.3 Å². The summed E-state index contributed by atoms with van der Waals surface area (Å²) in [5.41, 5.74) is 2.90. The second kappa shape index (κ2) is 4.76. The molecule has 3 rings (SSSR count). The number of hydrogen-bond acceptors (Lipinski definition) is 3. The van der Waals surface area contributed by atoms with Crippen molar-refractivity contribution in [2.24, 2.45) is 0 Å². The molecular weight excluding hydrogens is 272 g/mol. The van der Waals surface area contributed by atoms with Crippen molar-refractivity contribution in [1.82, 2.24) is 9.55 Å². The summed E-state index contributed by atoms with van der Waals surface area (Å²) < 4.78 is 3.00. The third kappa shape index (κ3) is 2.00. The Morgan fingerprint density at radius 2 is 2.10 bits per heavy atom. The lowest BCUT2D eigenvalue weighted by Gasteiger charge is -2.06. The van der Waals surface area contributed by atoms with Crippen molar-refractivity contribution < 1.29 is 9.90 Å². The first kappa shape index (κ1) is 12.9. The minimum atomic E-state index is -0.865. The second-order valence-electron chi connectivity index (χ2n) is 4.75. The molecule has 3 aromatic rings. The van der Waals surface area contributed by atoms with Crippen LogP contribution < -0.4 is 0 Å². The minimum Gasteiger partial charge on any atom is -0.477 e. The molecule has 2 heterocycles. The van der Waals surface area contributed by atoms with Gasteiger partial charge in [0, 0.05) is 16.0 Å². The lowest BCUT2D eigenvalue weighted by atomic mass is 10.1. The van der Waals surface area contributed by atoms with E-state index in [0.717, 1.165) is 27.0 Å². The van der Waals surface area contributed by atoms with Gasteiger partial charge in [-0.25, -0.2) is 9.78 Å². The number of carbonyl (C=O) groups is 1. The van der Waals surface area contributed by atoms with E-state index in [2.05, 4.69) is 4.98 Å². The van der Waals surface area contributed by atoms with Crippen molar-refractivity contribution >= 4 is 27.4 Å².